The minimum absolute atomic E-state index is 0.180. The molecule has 3 aromatic rings. The molecule has 4 rings (SSSR count). The van der Waals surface area contributed by atoms with Crippen molar-refractivity contribution < 1.29 is 4.42 Å². The molecule has 1 unspecified atom stereocenters. The molecule has 140 valence electrons. The first-order valence-electron chi connectivity index (χ1n) is 9.58. The lowest BCUT2D eigenvalue weighted by Gasteiger charge is -2.23. The summed E-state index contributed by atoms with van der Waals surface area (Å²) < 4.78 is 5.48. The second kappa shape index (κ2) is 7.49. The fourth-order valence-electron chi connectivity index (χ4n) is 4.07. The van der Waals surface area contributed by atoms with E-state index in [1.807, 2.05) is 12.1 Å². The molecule has 0 saturated heterocycles. The third-order valence-electron chi connectivity index (χ3n) is 5.45. The highest BCUT2D eigenvalue weighted by Crippen LogP contribution is 2.29. The fourth-order valence-corrected chi connectivity index (χ4v) is 4.20. The van der Waals surface area contributed by atoms with Gasteiger partial charge in [-0.05, 0) is 71.7 Å². The highest BCUT2D eigenvalue weighted by atomic mass is 35.5. The van der Waals surface area contributed by atoms with E-state index in [2.05, 4.69) is 43.4 Å². The van der Waals surface area contributed by atoms with Gasteiger partial charge in [-0.15, -0.1) is 0 Å². The Bertz CT molecular complexity index is 1020. The molecule has 0 radical (unpaired) electrons. The summed E-state index contributed by atoms with van der Waals surface area (Å²) in [6, 6.07) is 14.0. The van der Waals surface area contributed by atoms with E-state index in [4.69, 9.17) is 16.0 Å². The Kier molecular flexibility index (Phi) is 5.07. The average molecular weight is 382 g/mol. The zero-order chi connectivity index (χ0) is 19.0. The number of aryl methyl sites for hydroxylation is 2. The standard InChI is InChI=1S/C23H24ClNO2/c1-14(2)23(15-6-8-19(24)9-7-15)25-13-18-12-22(26)27-21-11-17-5-3-4-16(17)10-20(18)21/h6-12,14,23,25H,3-5,13H2,1-2H3. The smallest absolute Gasteiger partial charge is 0.336 e. The van der Waals surface area contributed by atoms with Crippen molar-refractivity contribution in [1.82, 2.24) is 5.32 Å². The monoisotopic (exact) mass is 381 g/mol. The van der Waals surface area contributed by atoms with Crippen molar-refractivity contribution in [3.8, 4) is 0 Å². The van der Waals surface area contributed by atoms with Gasteiger partial charge in [0.1, 0.15) is 5.58 Å². The number of nitrogens with one attached hydrogen (secondary N) is 1. The predicted molar refractivity (Wildman–Crippen MR) is 110 cm³/mol. The highest BCUT2D eigenvalue weighted by Gasteiger charge is 2.18. The Balaban J connectivity index is 1.66. The highest BCUT2D eigenvalue weighted by molar-refractivity contribution is 6.30. The molecule has 27 heavy (non-hydrogen) atoms. The van der Waals surface area contributed by atoms with Crippen molar-refractivity contribution in [3.63, 3.8) is 0 Å². The maximum absolute atomic E-state index is 12.1. The van der Waals surface area contributed by atoms with Crippen molar-refractivity contribution in [2.45, 2.75) is 45.7 Å². The van der Waals surface area contributed by atoms with E-state index in [-0.39, 0.29) is 11.7 Å². The Labute approximate surface area is 164 Å². The second-order valence-electron chi connectivity index (χ2n) is 7.72. The van der Waals surface area contributed by atoms with E-state index in [0.717, 1.165) is 28.8 Å². The molecule has 1 atom stereocenters. The average Bonchev–Trinajstić information content (AvgIpc) is 3.08. The molecule has 1 aromatic heterocycles. The van der Waals surface area contributed by atoms with Crippen molar-refractivity contribution in [2.24, 2.45) is 5.92 Å². The van der Waals surface area contributed by atoms with Crippen LogP contribution in [0.2, 0.25) is 5.02 Å². The summed E-state index contributed by atoms with van der Waals surface area (Å²) >= 11 is 6.03. The molecular weight excluding hydrogens is 358 g/mol. The molecule has 1 heterocycles. The molecule has 3 nitrogen and oxygen atoms in total. The number of hydrogen-bond donors (Lipinski definition) is 1. The zero-order valence-electron chi connectivity index (χ0n) is 15.7. The van der Waals surface area contributed by atoms with Gasteiger partial charge in [0.05, 0.1) is 0 Å². The van der Waals surface area contributed by atoms with E-state index in [1.165, 1.54) is 23.1 Å². The third kappa shape index (κ3) is 3.80. The zero-order valence-corrected chi connectivity index (χ0v) is 16.5. The Morgan fingerprint density at radius 1 is 1.07 bits per heavy atom. The van der Waals surface area contributed by atoms with Gasteiger partial charge in [0.2, 0.25) is 0 Å². The quantitative estimate of drug-likeness (QED) is 0.600. The lowest BCUT2D eigenvalue weighted by atomic mass is 9.95. The fraction of sp³-hybridized carbons (Fsp3) is 0.348. The SMILES string of the molecule is CC(C)C(NCc1cc(=O)oc2cc3c(cc12)CCC3)c1ccc(Cl)cc1. The predicted octanol–water partition coefficient (Wildman–Crippen LogP) is 5.42. The third-order valence-corrected chi connectivity index (χ3v) is 5.70. The Hall–Kier alpha value is -2.10. The van der Waals surface area contributed by atoms with Gasteiger partial charge in [0.25, 0.3) is 0 Å². The summed E-state index contributed by atoms with van der Waals surface area (Å²) in [5.74, 6) is 0.404. The van der Waals surface area contributed by atoms with Crippen LogP contribution in [0, 0.1) is 5.92 Å². The molecule has 0 fully saturated rings. The minimum atomic E-state index is -0.287. The molecule has 2 aromatic carbocycles. The summed E-state index contributed by atoms with van der Waals surface area (Å²) in [5, 5.41) is 5.42. The van der Waals surface area contributed by atoms with Crippen LogP contribution in [-0.4, -0.2) is 0 Å². The number of fused-ring (bicyclic) bond motifs is 2. The minimum Gasteiger partial charge on any atom is -0.423 e. The van der Waals surface area contributed by atoms with Crippen molar-refractivity contribution in [1.29, 1.82) is 0 Å². The Morgan fingerprint density at radius 3 is 2.48 bits per heavy atom. The summed E-state index contributed by atoms with van der Waals surface area (Å²) in [4.78, 5) is 12.1. The normalized spacial score (nSPS) is 14.7. The first-order chi connectivity index (χ1) is 13.0. The van der Waals surface area contributed by atoms with Gasteiger partial charge >= 0.3 is 5.63 Å². The van der Waals surface area contributed by atoms with Crippen LogP contribution in [0.25, 0.3) is 11.0 Å². The molecule has 1 aliphatic rings. The van der Waals surface area contributed by atoms with Crippen LogP contribution in [0.1, 0.15) is 48.6 Å². The van der Waals surface area contributed by atoms with Gasteiger partial charge in [0, 0.05) is 29.1 Å². The van der Waals surface area contributed by atoms with Crippen LogP contribution in [0.15, 0.2) is 51.7 Å². The summed E-state index contributed by atoms with van der Waals surface area (Å²) in [7, 11) is 0. The van der Waals surface area contributed by atoms with Gasteiger partial charge < -0.3 is 9.73 Å². The topological polar surface area (TPSA) is 42.2 Å². The Morgan fingerprint density at radius 2 is 1.78 bits per heavy atom. The molecule has 0 saturated carbocycles. The van der Waals surface area contributed by atoms with E-state index >= 15 is 0 Å². The summed E-state index contributed by atoms with van der Waals surface area (Å²) in [5.41, 5.74) is 5.31. The summed E-state index contributed by atoms with van der Waals surface area (Å²) in [6.07, 6.45) is 3.36. The van der Waals surface area contributed by atoms with Gasteiger partial charge in [-0.1, -0.05) is 37.6 Å². The van der Waals surface area contributed by atoms with Crippen LogP contribution < -0.4 is 10.9 Å². The van der Waals surface area contributed by atoms with E-state index in [1.54, 1.807) is 6.07 Å². The molecule has 0 bridgehead atoms. The molecule has 4 heteroatoms. The molecule has 1 aliphatic carbocycles. The second-order valence-corrected chi connectivity index (χ2v) is 8.15. The maximum Gasteiger partial charge on any atom is 0.336 e. The van der Waals surface area contributed by atoms with Crippen molar-refractivity contribution >= 4 is 22.6 Å². The number of halogens is 1. The number of hydrogen-bond acceptors (Lipinski definition) is 3. The molecule has 0 amide bonds. The summed E-state index contributed by atoms with van der Waals surface area (Å²) in [6.45, 7) is 5.00. The molecule has 0 spiro atoms. The maximum atomic E-state index is 12.1. The van der Waals surface area contributed by atoms with Crippen LogP contribution in [0.5, 0.6) is 0 Å². The largest absolute Gasteiger partial charge is 0.423 e. The van der Waals surface area contributed by atoms with Gasteiger partial charge in [-0.2, -0.15) is 0 Å². The molecule has 1 N–H and O–H groups in total. The first kappa shape index (κ1) is 18.3. The van der Waals surface area contributed by atoms with Gasteiger partial charge in [0.15, 0.2) is 0 Å². The van der Waals surface area contributed by atoms with Crippen LogP contribution >= 0.6 is 11.6 Å². The number of benzene rings is 2. The molecule has 0 aliphatic heterocycles. The van der Waals surface area contributed by atoms with E-state index in [9.17, 15) is 4.79 Å². The van der Waals surface area contributed by atoms with Crippen LogP contribution in [-0.2, 0) is 19.4 Å². The van der Waals surface area contributed by atoms with Gasteiger partial charge in [-0.25, -0.2) is 4.79 Å². The lowest BCUT2D eigenvalue weighted by Crippen LogP contribution is -2.26. The van der Waals surface area contributed by atoms with Crippen LogP contribution in [0.3, 0.4) is 0 Å². The molecular formula is C23H24ClNO2. The van der Waals surface area contributed by atoms with E-state index in [0.29, 0.717) is 18.0 Å². The first-order valence-corrected chi connectivity index (χ1v) is 9.96. The van der Waals surface area contributed by atoms with Crippen LogP contribution in [0.4, 0.5) is 0 Å². The van der Waals surface area contributed by atoms with Crippen molar-refractivity contribution in [3.05, 3.63) is 80.2 Å². The lowest BCUT2D eigenvalue weighted by molar-refractivity contribution is 0.410. The van der Waals surface area contributed by atoms with Crippen molar-refractivity contribution in [2.75, 3.05) is 0 Å². The number of rotatable bonds is 5. The van der Waals surface area contributed by atoms with E-state index < -0.39 is 0 Å². The van der Waals surface area contributed by atoms with Gasteiger partial charge in [-0.3, -0.25) is 0 Å².